The van der Waals surface area contributed by atoms with Gasteiger partial charge in [0.25, 0.3) is 0 Å². The Kier molecular flexibility index (Phi) is 4.28. The fourth-order valence-electron chi connectivity index (χ4n) is 1.70. The predicted molar refractivity (Wildman–Crippen MR) is 83.8 cm³/mol. The summed E-state index contributed by atoms with van der Waals surface area (Å²) in [6.07, 6.45) is -0.459. The summed E-state index contributed by atoms with van der Waals surface area (Å²) < 4.78 is 11.0. The Hall–Kier alpha value is -1.94. The zero-order valence-corrected chi connectivity index (χ0v) is 13.3. The first-order chi connectivity index (χ1) is 9.76. The van der Waals surface area contributed by atoms with E-state index in [9.17, 15) is 4.79 Å². The molecule has 1 aromatic heterocycles. The van der Waals surface area contributed by atoms with E-state index in [0.29, 0.717) is 16.7 Å². The maximum absolute atomic E-state index is 12.0. The Bertz CT molecular complexity index is 626. The molecule has 2 aromatic rings. The molecule has 112 valence electrons. The van der Waals surface area contributed by atoms with E-state index in [4.69, 9.17) is 20.8 Å². The third-order valence-electron chi connectivity index (χ3n) is 2.72. The van der Waals surface area contributed by atoms with Crippen LogP contribution in [-0.2, 0) is 4.74 Å². The molecule has 5 heteroatoms. The number of hydrogen-bond acceptors (Lipinski definition) is 3. The highest BCUT2D eigenvalue weighted by atomic mass is 35.5. The third kappa shape index (κ3) is 4.02. The van der Waals surface area contributed by atoms with Gasteiger partial charge in [-0.25, -0.2) is 4.79 Å². The number of hydrogen-bond donors (Lipinski definition) is 0. The zero-order chi connectivity index (χ0) is 15.6. The molecule has 1 aromatic carbocycles. The van der Waals surface area contributed by atoms with Crippen molar-refractivity contribution >= 4 is 23.6 Å². The number of rotatable bonds is 2. The summed E-state index contributed by atoms with van der Waals surface area (Å²) in [5.74, 6) is 1.09. The van der Waals surface area contributed by atoms with E-state index in [-0.39, 0.29) is 0 Å². The van der Waals surface area contributed by atoms with Crippen LogP contribution in [0.5, 0.6) is 0 Å². The van der Waals surface area contributed by atoms with E-state index in [0.717, 1.165) is 5.56 Å². The van der Waals surface area contributed by atoms with Gasteiger partial charge in [-0.2, -0.15) is 0 Å². The van der Waals surface area contributed by atoms with E-state index in [1.165, 1.54) is 4.90 Å². The van der Waals surface area contributed by atoms with E-state index in [2.05, 4.69) is 0 Å². The van der Waals surface area contributed by atoms with Gasteiger partial charge in [-0.1, -0.05) is 11.6 Å². The number of nitrogens with zero attached hydrogens (tertiary/aromatic N) is 1. The summed E-state index contributed by atoms with van der Waals surface area (Å²) in [6, 6.07) is 10.8. The van der Waals surface area contributed by atoms with Crippen LogP contribution < -0.4 is 4.90 Å². The topological polar surface area (TPSA) is 42.7 Å². The Morgan fingerprint density at radius 2 is 1.76 bits per heavy atom. The van der Waals surface area contributed by atoms with Gasteiger partial charge in [0.2, 0.25) is 5.88 Å². The highest BCUT2D eigenvalue weighted by molar-refractivity contribution is 6.30. The average Bonchev–Trinajstić information content (AvgIpc) is 2.86. The lowest BCUT2D eigenvalue weighted by atomic mass is 10.2. The highest BCUT2D eigenvalue weighted by Crippen LogP contribution is 2.28. The summed E-state index contributed by atoms with van der Waals surface area (Å²) >= 11 is 5.86. The normalized spacial score (nSPS) is 11.3. The van der Waals surface area contributed by atoms with E-state index in [1.54, 1.807) is 31.3 Å². The second-order valence-electron chi connectivity index (χ2n) is 5.68. The van der Waals surface area contributed by atoms with Gasteiger partial charge in [0, 0.05) is 23.7 Å². The summed E-state index contributed by atoms with van der Waals surface area (Å²) in [5, 5.41) is 0.663. The van der Waals surface area contributed by atoms with Gasteiger partial charge in [0.1, 0.15) is 11.4 Å². The van der Waals surface area contributed by atoms with Crippen molar-refractivity contribution in [3.63, 3.8) is 0 Å². The van der Waals surface area contributed by atoms with Crippen LogP contribution in [0.1, 0.15) is 20.8 Å². The standard InChI is InChI=1S/C16H18ClNO3/c1-16(2,3)21-15(19)18(4)14-10-9-13(20-14)11-5-7-12(17)8-6-11/h5-10H,1-4H3. The minimum atomic E-state index is -0.545. The van der Waals surface area contributed by atoms with Gasteiger partial charge in [-0.05, 0) is 51.1 Å². The van der Waals surface area contributed by atoms with Gasteiger partial charge in [0.15, 0.2) is 0 Å². The minimum absolute atomic E-state index is 0.425. The van der Waals surface area contributed by atoms with E-state index >= 15 is 0 Å². The smallest absolute Gasteiger partial charge is 0.416 e. The average molecular weight is 308 g/mol. The molecule has 2 rings (SSSR count). The molecule has 0 fully saturated rings. The fraction of sp³-hybridized carbons (Fsp3) is 0.312. The monoisotopic (exact) mass is 307 g/mol. The quantitative estimate of drug-likeness (QED) is 0.786. The molecule has 0 unspecified atom stereocenters. The maximum Gasteiger partial charge on any atom is 0.416 e. The first-order valence-electron chi connectivity index (χ1n) is 6.59. The molecule has 0 saturated heterocycles. The summed E-state index contributed by atoms with van der Waals surface area (Å²) in [6.45, 7) is 5.46. The molecule has 21 heavy (non-hydrogen) atoms. The zero-order valence-electron chi connectivity index (χ0n) is 12.5. The van der Waals surface area contributed by atoms with Gasteiger partial charge in [-0.15, -0.1) is 0 Å². The molecule has 0 atom stereocenters. The number of amides is 1. The molecule has 1 heterocycles. The molecular weight excluding hydrogens is 290 g/mol. The van der Waals surface area contributed by atoms with Crippen molar-refractivity contribution in [1.82, 2.24) is 0 Å². The van der Waals surface area contributed by atoms with E-state index in [1.807, 2.05) is 32.9 Å². The van der Waals surface area contributed by atoms with Crippen molar-refractivity contribution < 1.29 is 13.9 Å². The lowest BCUT2D eigenvalue weighted by molar-refractivity contribution is 0.0584. The van der Waals surface area contributed by atoms with Gasteiger partial charge in [0.05, 0.1) is 0 Å². The summed E-state index contributed by atoms with van der Waals surface area (Å²) in [5.41, 5.74) is 0.347. The van der Waals surface area contributed by atoms with Crippen LogP contribution in [0, 0.1) is 0 Å². The first kappa shape index (κ1) is 15.4. The molecule has 0 aliphatic heterocycles. The SMILES string of the molecule is CN(C(=O)OC(C)(C)C)c1ccc(-c2ccc(Cl)cc2)o1. The van der Waals surface area contributed by atoms with Gasteiger partial charge >= 0.3 is 6.09 Å². The number of carbonyl (C=O) groups excluding carboxylic acids is 1. The van der Waals surface area contributed by atoms with Crippen LogP contribution in [0.2, 0.25) is 5.02 Å². The summed E-state index contributed by atoms with van der Waals surface area (Å²) in [4.78, 5) is 13.3. The lowest BCUT2D eigenvalue weighted by Gasteiger charge is -2.23. The Balaban J connectivity index is 2.16. The number of benzene rings is 1. The molecule has 0 bridgehead atoms. The highest BCUT2D eigenvalue weighted by Gasteiger charge is 2.22. The van der Waals surface area contributed by atoms with Gasteiger partial charge in [-0.3, -0.25) is 4.90 Å². The number of carbonyl (C=O) groups is 1. The molecular formula is C16H18ClNO3. The van der Waals surface area contributed by atoms with Crippen molar-refractivity contribution in [2.45, 2.75) is 26.4 Å². The maximum atomic E-state index is 12.0. The molecule has 0 radical (unpaired) electrons. The molecule has 0 aliphatic carbocycles. The Morgan fingerprint density at radius 1 is 1.14 bits per heavy atom. The van der Waals surface area contributed by atoms with Crippen LogP contribution in [0.3, 0.4) is 0 Å². The van der Waals surface area contributed by atoms with Crippen LogP contribution in [-0.4, -0.2) is 18.7 Å². The number of anilines is 1. The van der Waals surface area contributed by atoms with Crippen molar-refractivity contribution in [1.29, 1.82) is 0 Å². The van der Waals surface area contributed by atoms with Crippen molar-refractivity contribution in [2.24, 2.45) is 0 Å². The van der Waals surface area contributed by atoms with Crippen LogP contribution >= 0.6 is 11.6 Å². The molecule has 0 N–H and O–H groups in total. The predicted octanol–water partition coefficient (Wildman–Crippen LogP) is 4.97. The van der Waals surface area contributed by atoms with Gasteiger partial charge < -0.3 is 9.15 Å². The first-order valence-corrected chi connectivity index (χ1v) is 6.96. The Morgan fingerprint density at radius 3 is 2.33 bits per heavy atom. The largest absolute Gasteiger partial charge is 0.443 e. The van der Waals surface area contributed by atoms with E-state index < -0.39 is 11.7 Å². The van der Waals surface area contributed by atoms with Crippen molar-refractivity contribution in [3.8, 4) is 11.3 Å². The van der Waals surface area contributed by atoms with Crippen molar-refractivity contribution in [3.05, 3.63) is 41.4 Å². The number of furan rings is 1. The molecule has 1 amide bonds. The summed E-state index contributed by atoms with van der Waals surface area (Å²) in [7, 11) is 1.61. The second kappa shape index (κ2) is 5.82. The second-order valence-corrected chi connectivity index (χ2v) is 6.12. The van der Waals surface area contributed by atoms with Crippen LogP contribution in [0.4, 0.5) is 10.7 Å². The Labute approximate surface area is 129 Å². The molecule has 4 nitrogen and oxygen atoms in total. The molecule has 0 spiro atoms. The third-order valence-corrected chi connectivity index (χ3v) is 2.97. The molecule has 0 saturated carbocycles. The minimum Gasteiger partial charge on any atom is -0.443 e. The van der Waals surface area contributed by atoms with Crippen molar-refractivity contribution in [2.75, 3.05) is 11.9 Å². The lowest BCUT2D eigenvalue weighted by Crippen LogP contribution is -2.33. The number of halogens is 1. The molecule has 0 aliphatic rings. The van der Waals surface area contributed by atoms with Crippen LogP contribution in [0.25, 0.3) is 11.3 Å². The number of ether oxygens (including phenoxy) is 1. The fourth-order valence-corrected chi connectivity index (χ4v) is 1.82. The van der Waals surface area contributed by atoms with Crippen LogP contribution in [0.15, 0.2) is 40.8 Å².